The molecule has 0 aliphatic heterocycles. The van der Waals surface area contributed by atoms with E-state index in [0.29, 0.717) is 24.1 Å². The molecule has 1 heterocycles. The molecule has 1 aliphatic rings. The summed E-state index contributed by atoms with van der Waals surface area (Å²) in [6.45, 7) is 4.54. The first-order chi connectivity index (χ1) is 12.4. The van der Waals surface area contributed by atoms with Crippen molar-refractivity contribution in [3.05, 3.63) is 52.9 Å². The smallest absolute Gasteiger partial charge is 0.191 e. The normalized spacial score (nSPS) is 17.3. The van der Waals surface area contributed by atoms with E-state index in [2.05, 4.69) is 40.8 Å². The molecule has 2 aromatic rings. The Morgan fingerprint density at radius 1 is 1.31 bits per heavy atom. The summed E-state index contributed by atoms with van der Waals surface area (Å²) in [6.07, 6.45) is 4.95. The minimum absolute atomic E-state index is 0.230. The van der Waals surface area contributed by atoms with Gasteiger partial charge in [0.25, 0.3) is 0 Å². The number of fused-ring (bicyclic) bond motifs is 1. The van der Waals surface area contributed by atoms with Gasteiger partial charge < -0.3 is 10.6 Å². The molecule has 0 fully saturated rings. The number of aryl methyl sites for hydroxylation is 1. The molecular formula is C19H25F2N5. The summed E-state index contributed by atoms with van der Waals surface area (Å²) in [4.78, 5) is 4.21. The van der Waals surface area contributed by atoms with E-state index < -0.39 is 11.6 Å². The van der Waals surface area contributed by atoms with Gasteiger partial charge in [0.15, 0.2) is 5.96 Å². The fourth-order valence-corrected chi connectivity index (χ4v) is 3.19. The predicted octanol–water partition coefficient (Wildman–Crippen LogP) is 2.96. The van der Waals surface area contributed by atoms with Crippen molar-refractivity contribution in [3.63, 3.8) is 0 Å². The van der Waals surface area contributed by atoms with Crippen molar-refractivity contribution in [1.82, 2.24) is 20.4 Å². The van der Waals surface area contributed by atoms with Crippen molar-refractivity contribution in [2.24, 2.45) is 4.99 Å². The third kappa shape index (κ3) is 4.39. The Bertz CT molecular complexity index is 777. The fourth-order valence-electron chi connectivity index (χ4n) is 3.19. The summed E-state index contributed by atoms with van der Waals surface area (Å²) in [5, 5.41) is 11.2. The molecule has 5 nitrogen and oxygen atoms in total. The molecule has 0 amide bonds. The highest BCUT2D eigenvalue weighted by molar-refractivity contribution is 5.80. The van der Waals surface area contributed by atoms with Crippen LogP contribution in [0.15, 0.2) is 29.4 Å². The van der Waals surface area contributed by atoms with Gasteiger partial charge in [-0.3, -0.25) is 9.67 Å². The SMILES string of the molecule is CN=C(NCc1cc(F)cc(F)c1)NC1CCc2cn(C(C)C)nc2C1. The van der Waals surface area contributed by atoms with Crippen molar-refractivity contribution in [2.75, 3.05) is 7.05 Å². The van der Waals surface area contributed by atoms with E-state index in [0.717, 1.165) is 31.0 Å². The van der Waals surface area contributed by atoms with Crippen LogP contribution in [0.2, 0.25) is 0 Å². The Morgan fingerprint density at radius 2 is 2.04 bits per heavy atom. The molecule has 0 spiro atoms. The van der Waals surface area contributed by atoms with Crippen LogP contribution >= 0.6 is 0 Å². The van der Waals surface area contributed by atoms with E-state index in [4.69, 9.17) is 0 Å². The van der Waals surface area contributed by atoms with Gasteiger partial charge in [-0.15, -0.1) is 0 Å². The zero-order chi connectivity index (χ0) is 18.7. The topological polar surface area (TPSA) is 54.2 Å². The third-order valence-corrected chi connectivity index (χ3v) is 4.57. The lowest BCUT2D eigenvalue weighted by Crippen LogP contribution is -2.45. The largest absolute Gasteiger partial charge is 0.353 e. The van der Waals surface area contributed by atoms with Crippen LogP contribution in [0.25, 0.3) is 0 Å². The van der Waals surface area contributed by atoms with Gasteiger partial charge >= 0.3 is 0 Å². The van der Waals surface area contributed by atoms with Crippen LogP contribution in [0.1, 0.15) is 43.1 Å². The first kappa shape index (κ1) is 18.4. The molecule has 26 heavy (non-hydrogen) atoms. The molecule has 140 valence electrons. The quantitative estimate of drug-likeness (QED) is 0.650. The van der Waals surface area contributed by atoms with E-state index in [1.165, 1.54) is 17.7 Å². The Labute approximate surface area is 152 Å². The van der Waals surface area contributed by atoms with E-state index in [1.54, 1.807) is 7.05 Å². The standard InChI is InChI=1S/C19H25F2N5/c1-12(2)26-11-14-4-5-17(9-18(14)25-26)24-19(22-3)23-10-13-6-15(20)8-16(21)7-13/h6-8,11-12,17H,4-5,9-10H2,1-3H3,(H2,22,23,24). The summed E-state index contributed by atoms with van der Waals surface area (Å²) in [5.41, 5.74) is 2.98. The Kier molecular flexibility index (Phi) is 5.54. The van der Waals surface area contributed by atoms with Gasteiger partial charge in [-0.1, -0.05) is 0 Å². The molecule has 0 saturated heterocycles. The summed E-state index contributed by atoms with van der Waals surface area (Å²) in [6, 6.07) is 4.08. The highest BCUT2D eigenvalue weighted by Gasteiger charge is 2.23. The van der Waals surface area contributed by atoms with Gasteiger partial charge in [-0.25, -0.2) is 8.78 Å². The van der Waals surface area contributed by atoms with E-state index >= 15 is 0 Å². The lowest BCUT2D eigenvalue weighted by molar-refractivity contribution is 0.499. The van der Waals surface area contributed by atoms with Gasteiger partial charge in [-0.2, -0.15) is 5.10 Å². The minimum Gasteiger partial charge on any atom is -0.353 e. The Balaban J connectivity index is 1.58. The van der Waals surface area contributed by atoms with Crippen LogP contribution in [0.4, 0.5) is 8.78 Å². The zero-order valence-corrected chi connectivity index (χ0v) is 15.4. The molecule has 1 aromatic carbocycles. The van der Waals surface area contributed by atoms with Gasteiger partial charge in [-0.05, 0) is 49.9 Å². The van der Waals surface area contributed by atoms with Crippen LogP contribution in [-0.4, -0.2) is 28.8 Å². The van der Waals surface area contributed by atoms with Crippen LogP contribution in [0.3, 0.4) is 0 Å². The number of nitrogens with zero attached hydrogens (tertiary/aromatic N) is 3. The lowest BCUT2D eigenvalue weighted by atomic mass is 9.94. The molecule has 7 heteroatoms. The lowest BCUT2D eigenvalue weighted by Gasteiger charge is -2.24. The van der Waals surface area contributed by atoms with E-state index in [-0.39, 0.29) is 6.04 Å². The molecule has 2 N–H and O–H groups in total. The predicted molar refractivity (Wildman–Crippen MR) is 98.1 cm³/mol. The van der Waals surface area contributed by atoms with Crippen LogP contribution in [-0.2, 0) is 19.4 Å². The zero-order valence-electron chi connectivity index (χ0n) is 15.4. The van der Waals surface area contributed by atoms with E-state index in [1.807, 2.05) is 4.68 Å². The first-order valence-corrected chi connectivity index (χ1v) is 8.93. The third-order valence-electron chi connectivity index (χ3n) is 4.57. The highest BCUT2D eigenvalue weighted by Crippen LogP contribution is 2.21. The Morgan fingerprint density at radius 3 is 2.69 bits per heavy atom. The molecule has 1 aliphatic carbocycles. The van der Waals surface area contributed by atoms with Crippen LogP contribution < -0.4 is 10.6 Å². The summed E-state index contributed by atoms with van der Waals surface area (Å²) >= 11 is 0. The number of guanidine groups is 1. The van der Waals surface area contributed by atoms with Gasteiger partial charge in [0.05, 0.1) is 5.69 Å². The van der Waals surface area contributed by atoms with E-state index in [9.17, 15) is 8.78 Å². The van der Waals surface area contributed by atoms with Crippen LogP contribution in [0.5, 0.6) is 0 Å². The molecule has 0 radical (unpaired) electrons. The number of nitrogens with one attached hydrogen (secondary N) is 2. The highest BCUT2D eigenvalue weighted by atomic mass is 19.1. The molecule has 1 aromatic heterocycles. The van der Waals surface area contributed by atoms with Crippen molar-refractivity contribution >= 4 is 5.96 Å². The maximum absolute atomic E-state index is 13.3. The van der Waals surface area contributed by atoms with Gasteiger partial charge in [0.2, 0.25) is 0 Å². The Hall–Kier alpha value is -2.44. The van der Waals surface area contributed by atoms with Crippen molar-refractivity contribution in [3.8, 4) is 0 Å². The van der Waals surface area contributed by atoms with Gasteiger partial charge in [0.1, 0.15) is 11.6 Å². The van der Waals surface area contributed by atoms with Crippen LogP contribution in [0, 0.1) is 11.6 Å². The molecular weight excluding hydrogens is 336 g/mol. The monoisotopic (exact) mass is 361 g/mol. The average molecular weight is 361 g/mol. The second kappa shape index (κ2) is 7.85. The maximum atomic E-state index is 13.3. The summed E-state index contributed by atoms with van der Waals surface area (Å²) in [5.74, 6) is -0.540. The maximum Gasteiger partial charge on any atom is 0.191 e. The van der Waals surface area contributed by atoms with Crippen molar-refractivity contribution < 1.29 is 8.78 Å². The molecule has 0 saturated carbocycles. The molecule has 3 rings (SSSR count). The second-order valence-electron chi connectivity index (χ2n) is 6.96. The summed E-state index contributed by atoms with van der Waals surface area (Å²) in [7, 11) is 1.68. The molecule has 1 unspecified atom stereocenters. The van der Waals surface area contributed by atoms with Gasteiger partial charge in [0, 0.05) is 44.4 Å². The molecule has 0 bridgehead atoms. The summed E-state index contributed by atoms with van der Waals surface area (Å²) < 4.78 is 28.6. The number of hydrogen-bond donors (Lipinski definition) is 2. The van der Waals surface area contributed by atoms with Crippen molar-refractivity contribution in [1.29, 1.82) is 0 Å². The first-order valence-electron chi connectivity index (χ1n) is 8.93. The average Bonchev–Trinajstić information content (AvgIpc) is 3.01. The number of aromatic nitrogens is 2. The number of halogens is 2. The number of aliphatic imine (C=N–C) groups is 1. The minimum atomic E-state index is -0.578. The number of hydrogen-bond acceptors (Lipinski definition) is 2. The number of rotatable bonds is 4. The molecule has 1 atom stereocenters. The number of benzene rings is 1. The second-order valence-corrected chi connectivity index (χ2v) is 6.96. The van der Waals surface area contributed by atoms with Crippen molar-refractivity contribution in [2.45, 2.75) is 51.7 Å². The fraction of sp³-hybridized carbons (Fsp3) is 0.474.